The molecule has 2 N–H and O–H groups in total. The van der Waals surface area contributed by atoms with Crippen molar-refractivity contribution in [3.05, 3.63) is 34.4 Å². The zero-order valence-electron chi connectivity index (χ0n) is 8.79. The highest BCUT2D eigenvalue weighted by atomic mass is 79.9. The molecule has 0 aliphatic carbocycles. The van der Waals surface area contributed by atoms with E-state index in [4.69, 9.17) is 5.73 Å². The van der Waals surface area contributed by atoms with E-state index in [1.54, 1.807) is 0 Å². The zero-order chi connectivity index (χ0) is 11.0. The van der Waals surface area contributed by atoms with E-state index in [0.717, 1.165) is 26.8 Å². The van der Waals surface area contributed by atoms with Crippen LogP contribution in [0.2, 0.25) is 0 Å². The highest BCUT2D eigenvalue weighted by Crippen LogP contribution is 2.26. The first-order chi connectivity index (χ1) is 7.08. The van der Waals surface area contributed by atoms with E-state index in [1.807, 2.05) is 24.3 Å². The Labute approximate surface area is 97.6 Å². The van der Waals surface area contributed by atoms with Crippen LogP contribution >= 0.6 is 15.9 Å². The van der Waals surface area contributed by atoms with Crippen molar-refractivity contribution in [2.45, 2.75) is 19.8 Å². The van der Waals surface area contributed by atoms with Crippen molar-refractivity contribution in [3.8, 4) is 0 Å². The van der Waals surface area contributed by atoms with Crippen LogP contribution < -0.4 is 5.73 Å². The van der Waals surface area contributed by atoms with Crippen LogP contribution in [0.5, 0.6) is 0 Å². The number of fused-ring (bicyclic) bond motifs is 1. The summed E-state index contributed by atoms with van der Waals surface area (Å²) in [4.78, 5) is 4.58. The molecule has 2 rings (SSSR count). The lowest BCUT2D eigenvalue weighted by atomic mass is 10.1. The standard InChI is InChI=1S/C12H13BrN2/c1-7(2)12-6-10(14)9-5-8(13)3-4-11(9)15-12/h3-7H,1-2H3,(H2,14,15). The Morgan fingerprint density at radius 1 is 1.27 bits per heavy atom. The second-order valence-corrected chi connectivity index (χ2v) is 4.87. The molecule has 0 bridgehead atoms. The molecule has 15 heavy (non-hydrogen) atoms. The Morgan fingerprint density at radius 3 is 2.67 bits per heavy atom. The summed E-state index contributed by atoms with van der Waals surface area (Å²) < 4.78 is 1.03. The van der Waals surface area contributed by atoms with E-state index in [1.165, 1.54) is 0 Å². The summed E-state index contributed by atoms with van der Waals surface area (Å²) in [5.41, 5.74) is 8.80. The van der Waals surface area contributed by atoms with Crippen molar-refractivity contribution in [3.63, 3.8) is 0 Å². The van der Waals surface area contributed by atoms with Gasteiger partial charge in [0.15, 0.2) is 0 Å². The maximum Gasteiger partial charge on any atom is 0.0726 e. The fraction of sp³-hybridized carbons (Fsp3) is 0.250. The molecule has 0 aliphatic rings. The molecule has 2 nitrogen and oxygen atoms in total. The molecule has 0 saturated carbocycles. The predicted octanol–water partition coefficient (Wildman–Crippen LogP) is 3.70. The maximum atomic E-state index is 6.00. The van der Waals surface area contributed by atoms with Gasteiger partial charge in [-0.3, -0.25) is 4.98 Å². The van der Waals surface area contributed by atoms with E-state index >= 15 is 0 Å². The van der Waals surface area contributed by atoms with Gasteiger partial charge >= 0.3 is 0 Å². The number of anilines is 1. The van der Waals surface area contributed by atoms with Gasteiger partial charge in [-0.1, -0.05) is 29.8 Å². The fourth-order valence-electron chi connectivity index (χ4n) is 1.54. The second kappa shape index (κ2) is 3.81. The number of rotatable bonds is 1. The molecule has 0 aliphatic heterocycles. The Balaban J connectivity index is 2.73. The number of hydrogen-bond donors (Lipinski definition) is 1. The van der Waals surface area contributed by atoms with Gasteiger partial charge in [0.25, 0.3) is 0 Å². The van der Waals surface area contributed by atoms with Gasteiger partial charge in [-0.05, 0) is 30.2 Å². The minimum absolute atomic E-state index is 0.403. The quantitative estimate of drug-likeness (QED) is 0.853. The molecule has 2 aromatic rings. The first-order valence-electron chi connectivity index (χ1n) is 4.93. The largest absolute Gasteiger partial charge is 0.398 e. The lowest BCUT2D eigenvalue weighted by molar-refractivity contribution is 0.830. The van der Waals surface area contributed by atoms with E-state index in [0.29, 0.717) is 5.92 Å². The summed E-state index contributed by atoms with van der Waals surface area (Å²) in [6.45, 7) is 4.24. The third kappa shape index (κ3) is 1.97. The molecule has 0 radical (unpaired) electrons. The highest BCUT2D eigenvalue weighted by molar-refractivity contribution is 9.10. The molecule has 0 saturated heterocycles. The van der Waals surface area contributed by atoms with Gasteiger partial charge < -0.3 is 5.73 Å². The minimum Gasteiger partial charge on any atom is -0.398 e. The van der Waals surface area contributed by atoms with Crippen LogP contribution in [0.3, 0.4) is 0 Å². The molecule has 3 heteroatoms. The number of aromatic nitrogens is 1. The summed E-state index contributed by atoms with van der Waals surface area (Å²) in [7, 11) is 0. The molecule has 0 unspecified atom stereocenters. The molecule has 0 amide bonds. The third-order valence-corrected chi connectivity index (χ3v) is 2.91. The van der Waals surface area contributed by atoms with Crippen LogP contribution in [0.1, 0.15) is 25.5 Å². The average molecular weight is 265 g/mol. The molecule has 0 spiro atoms. The number of hydrogen-bond acceptors (Lipinski definition) is 2. The van der Waals surface area contributed by atoms with Gasteiger partial charge in [-0.25, -0.2) is 0 Å². The summed E-state index contributed by atoms with van der Waals surface area (Å²) >= 11 is 3.43. The molecular weight excluding hydrogens is 252 g/mol. The Morgan fingerprint density at radius 2 is 2.00 bits per heavy atom. The first-order valence-corrected chi connectivity index (χ1v) is 5.73. The van der Waals surface area contributed by atoms with Gasteiger partial charge in [-0.15, -0.1) is 0 Å². The SMILES string of the molecule is CC(C)c1cc(N)c2cc(Br)ccc2n1. The predicted molar refractivity (Wildman–Crippen MR) is 67.9 cm³/mol. The molecule has 1 aromatic carbocycles. The fourth-order valence-corrected chi connectivity index (χ4v) is 1.90. The molecule has 0 fully saturated rings. The highest BCUT2D eigenvalue weighted by Gasteiger charge is 2.06. The van der Waals surface area contributed by atoms with Crippen LogP contribution in [-0.4, -0.2) is 4.98 Å². The van der Waals surface area contributed by atoms with Gasteiger partial charge in [0, 0.05) is 21.2 Å². The Bertz CT molecular complexity index is 506. The summed E-state index contributed by atoms with van der Waals surface area (Å²) in [5, 5.41) is 1.01. The van der Waals surface area contributed by atoms with Crippen molar-refractivity contribution in [2.24, 2.45) is 0 Å². The number of pyridine rings is 1. The summed E-state index contributed by atoms with van der Waals surface area (Å²) in [6, 6.07) is 7.93. The van der Waals surface area contributed by atoms with Crippen LogP contribution in [0.15, 0.2) is 28.7 Å². The van der Waals surface area contributed by atoms with Crippen molar-refractivity contribution in [1.29, 1.82) is 0 Å². The van der Waals surface area contributed by atoms with E-state index in [2.05, 4.69) is 34.8 Å². The second-order valence-electron chi connectivity index (χ2n) is 3.95. The van der Waals surface area contributed by atoms with Gasteiger partial charge in [0.2, 0.25) is 0 Å². The van der Waals surface area contributed by atoms with E-state index in [9.17, 15) is 0 Å². The average Bonchev–Trinajstić information content (AvgIpc) is 2.18. The Hall–Kier alpha value is -1.09. The van der Waals surface area contributed by atoms with Crippen LogP contribution in [0, 0.1) is 0 Å². The van der Waals surface area contributed by atoms with E-state index in [-0.39, 0.29) is 0 Å². The number of nitrogens with zero attached hydrogens (tertiary/aromatic N) is 1. The van der Waals surface area contributed by atoms with Crippen LogP contribution in [-0.2, 0) is 0 Å². The number of nitrogen functional groups attached to an aromatic ring is 1. The maximum absolute atomic E-state index is 6.00. The van der Waals surface area contributed by atoms with Gasteiger partial charge in [0.05, 0.1) is 5.52 Å². The number of nitrogens with two attached hydrogens (primary N) is 1. The monoisotopic (exact) mass is 264 g/mol. The lowest BCUT2D eigenvalue weighted by Crippen LogP contribution is -1.97. The molecule has 78 valence electrons. The van der Waals surface area contributed by atoms with Crippen LogP contribution in [0.25, 0.3) is 10.9 Å². The summed E-state index contributed by atoms with van der Waals surface area (Å²) in [5.74, 6) is 0.403. The first kappa shape index (κ1) is 10.4. The normalized spacial score (nSPS) is 11.2. The third-order valence-electron chi connectivity index (χ3n) is 2.41. The lowest BCUT2D eigenvalue weighted by Gasteiger charge is -2.08. The minimum atomic E-state index is 0.403. The molecular formula is C12H13BrN2. The van der Waals surface area contributed by atoms with Crippen LogP contribution in [0.4, 0.5) is 5.69 Å². The zero-order valence-corrected chi connectivity index (χ0v) is 10.4. The number of halogens is 1. The Kier molecular flexibility index (Phi) is 2.65. The van der Waals surface area contributed by atoms with Crippen molar-refractivity contribution < 1.29 is 0 Å². The molecule has 0 atom stereocenters. The molecule has 1 heterocycles. The molecule has 1 aromatic heterocycles. The van der Waals surface area contributed by atoms with E-state index < -0.39 is 0 Å². The van der Waals surface area contributed by atoms with Crippen molar-refractivity contribution in [2.75, 3.05) is 5.73 Å². The van der Waals surface area contributed by atoms with Crippen molar-refractivity contribution >= 4 is 32.5 Å². The van der Waals surface area contributed by atoms with Gasteiger partial charge in [-0.2, -0.15) is 0 Å². The topological polar surface area (TPSA) is 38.9 Å². The smallest absolute Gasteiger partial charge is 0.0726 e. The van der Waals surface area contributed by atoms with Crippen molar-refractivity contribution in [1.82, 2.24) is 4.98 Å². The summed E-state index contributed by atoms with van der Waals surface area (Å²) in [6.07, 6.45) is 0. The number of benzene rings is 1. The van der Waals surface area contributed by atoms with Gasteiger partial charge in [0.1, 0.15) is 0 Å².